The van der Waals surface area contributed by atoms with E-state index in [0.29, 0.717) is 17.6 Å². The zero-order valence-electron chi connectivity index (χ0n) is 8.05. The van der Waals surface area contributed by atoms with Crippen LogP contribution in [0, 0.1) is 11.8 Å². The van der Waals surface area contributed by atoms with Crippen LogP contribution in [-0.4, -0.2) is 5.78 Å². The van der Waals surface area contributed by atoms with E-state index < -0.39 is 0 Å². The van der Waals surface area contributed by atoms with E-state index in [1.54, 1.807) is 6.08 Å². The minimum absolute atomic E-state index is 0.302. The first-order valence-corrected chi connectivity index (χ1v) is 5.01. The summed E-state index contributed by atoms with van der Waals surface area (Å²) in [6.45, 7) is 4.30. The molecule has 1 heteroatoms. The summed E-state index contributed by atoms with van der Waals surface area (Å²) < 4.78 is 0. The van der Waals surface area contributed by atoms with Crippen molar-refractivity contribution in [2.24, 2.45) is 11.8 Å². The van der Waals surface area contributed by atoms with Crippen LogP contribution in [0.5, 0.6) is 0 Å². The number of unbranched alkanes of at least 4 members (excludes halogenated alkanes) is 1. The molecule has 0 unspecified atom stereocenters. The highest BCUT2D eigenvalue weighted by Gasteiger charge is 2.27. The fourth-order valence-corrected chi connectivity index (χ4v) is 1.93. The maximum Gasteiger partial charge on any atom is 0.159 e. The normalized spacial score (nSPS) is 28.3. The molecule has 0 aliphatic heterocycles. The van der Waals surface area contributed by atoms with Crippen LogP contribution in [-0.2, 0) is 4.79 Å². The molecular weight excluding hydrogens is 148 g/mol. The SMILES string of the molecule is CCCC[C@@H]1C=CC(=O)[C@H]1CC. The van der Waals surface area contributed by atoms with Gasteiger partial charge in [-0.15, -0.1) is 0 Å². The van der Waals surface area contributed by atoms with Gasteiger partial charge in [0.15, 0.2) is 5.78 Å². The standard InChI is InChI=1S/C11H18O/c1-3-5-6-9-7-8-11(12)10(9)4-2/h7-10H,3-6H2,1-2H3/t9-,10+/m1/s1. The molecule has 0 bridgehead atoms. The van der Waals surface area contributed by atoms with Gasteiger partial charge in [0, 0.05) is 5.92 Å². The van der Waals surface area contributed by atoms with E-state index >= 15 is 0 Å². The molecule has 1 rings (SSSR count). The topological polar surface area (TPSA) is 17.1 Å². The maximum atomic E-state index is 11.3. The molecule has 0 fully saturated rings. The van der Waals surface area contributed by atoms with Crippen molar-refractivity contribution in [2.45, 2.75) is 39.5 Å². The highest BCUT2D eigenvalue weighted by atomic mass is 16.1. The Morgan fingerprint density at radius 2 is 2.17 bits per heavy atom. The third-order valence-corrected chi connectivity index (χ3v) is 2.72. The first-order chi connectivity index (χ1) is 5.79. The van der Waals surface area contributed by atoms with Crippen LogP contribution in [0.25, 0.3) is 0 Å². The summed E-state index contributed by atoms with van der Waals surface area (Å²) in [6.07, 6.45) is 8.55. The van der Waals surface area contributed by atoms with E-state index in [2.05, 4.69) is 19.9 Å². The molecule has 1 aliphatic carbocycles. The summed E-state index contributed by atoms with van der Waals surface area (Å²) in [4.78, 5) is 11.3. The van der Waals surface area contributed by atoms with Gasteiger partial charge in [0.05, 0.1) is 0 Å². The lowest BCUT2D eigenvalue weighted by molar-refractivity contribution is -0.118. The van der Waals surface area contributed by atoms with Crippen molar-refractivity contribution in [2.75, 3.05) is 0 Å². The molecule has 2 atom stereocenters. The molecule has 0 aromatic heterocycles. The number of hydrogen-bond donors (Lipinski definition) is 0. The average Bonchev–Trinajstić information content (AvgIpc) is 2.43. The van der Waals surface area contributed by atoms with Crippen LogP contribution in [0.4, 0.5) is 0 Å². The monoisotopic (exact) mass is 166 g/mol. The number of ketones is 1. The van der Waals surface area contributed by atoms with E-state index in [0.717, 1.165) is 6.42 Å². The van der Waals surface area contributed by atoms with Crippen LogP contribution in [0.2, 0.25) is 0 Å². The lowest BCUT2D eigenvalue weighted by Gasteiger charge is -2.15. The van der Waals surface area contributed by atoms with Gasteiger partial charge in [-0.3, -0.25) is 4.79 Å². The Hall–Kier alpha value is -0.590. The maximum absolute atomic E-state index is 11.3. The number of rotatable bonds is 4. The molecular formula is C11H18O. The number of hydrogen-bond acceptors (Lipinski definition) is 1. The van der Waals surface area contributed by atoms with Crippen molar-refractivity contribution >= 4 is 5.78 Å². The predicted molar refractivity (Wildman–Crippen MR) is 50.9 cm³/mol. The van der Waals surface area contributed by atoms with Gasteiger partial charge in [-0.1, -0.05) is 32.8 Å². The molecule has 0 heterocycles. The molecule has 0 N–H and O–H groups in total. The minimum atomic E-state index is 0.302. The van der Waals surface area contributed by atoms with E-state index in [1.165, 1.54) is 19.3 Å². The second-order valence-corrected chi connectivity index (χ2v) is 3.58. The first-order valence-electron chi connectivity index (χ1n) is 5.01. The van der Waals surface area contributed by atoms with Gasteiger partial charge < -0.3 is 0 Å². The number of allylic oxidation sites excluding steroid dienone is 2. The molecule has 0 saturated carbocycles. The fourth-order valence-electron chi connectivity index (χ4n) is 1.93. The molecule has 68 valence electrons. The third kappa shape index (κ3) is 1.96. The zero-order chi connectivity index (χ0) is 8.97. The minimum Gasteiger partial charge on any atom is -0.295 e. The second kappa shape index (κ2) is 4.44. The predicted octanol–water partition coefficient (Wildman–Crippen LogP) is 2.96. The molecule has 1 nitrogen and oxygen atoms in total. The highest BCUT2D eigenvalue weighted by molar-refractivity contribution is 5.94. The second-order valence-electron chi connectivity index (χ2n) is 3.58. The Balaban J connectivity index is 2.43. The van der Waals surface area contributed by atoms with Crippen molar-refractivity contribution in [1.82, 2.24) is 0 Å². The van der Waals surface area contributed by atoms with Crippen molar-refractivity contribution in [3.05, 3.63) is 12.2 Å². The lowest BCUT2D eigenvalue weighted by Crippen LogP contribution is -2.14. The lowest BCUT2D eigenvalue weighted by atomic mass is 9.88. The zero-order valence-corrected chi connectivity index (χ0v) is 8.05. The molecule has 1 aliphatic rings. The van der Waals surface area contributed by atoms with Gasteiger partial charge in [-0.25, -0.2) is 0 Å². The largest absolute Gasteiger partial charge is 0.295 e. The average molecular weight is 166 g/mol. The Morgan fingerprint density at radius 1 is 1.42 bits per heavy atom. The molecule has 0 saturated heterocycles. The summed E-state index contributed by atoms with van der Waals surface area (Å²) in [6, 6.07) is 0. The van der Waals surface area contributed by atoms with Crippen LogP contribution >= 0.6 is 0 Å². The van der Waals surface area contributed by atoms with E-state index in [-0.39, 0.29) is 0 Å². The summed E-state index contributed by atoms with van der Waals surface area (Å²) in [5, 5.41) is 0. The molecule has 0 radical (unpaired) electrons. The third-order valence-electron chi connectivity index (χ3n) is 2.72. The summed E-state index contributed by atoms with van der Waals surface area (Å²) in [5.41, 5.74) is 0. The first kappa shape index (κ1) is 9.50. The van der Waals surface area contributed by atoms with Crippen LogP contribution < -0.4 is 0 Å². The van der Waals surface area contributed by atoms with Crippen molar-refractivity contribution in [3.8, 4) is 0 Å². The number of carbonyl (C=O) groups excluding carboxylic acids is 1. The summed E-state index contributed by atoms with van der Waals surface area (Å²) >= 11 is 0. The Morgan fingerprint density at radius 3 is 2.75 bits per heavy atom. The van der Waals surface area contributed by atoms with Crippen LogP contribution in [0.15, 0.2) is 12.2 Å². The smallest absolute Gasteiger partial charge is 0.159 e. The fraction of sp³-hybridized carbons (Fsp3) is 0.727. The van der Waals surface area contributed by atoms with Crippen molar-refractivity contribution < 1.29 is 4.79 Å². The molecule has 0 aromatic rings. The van der Waals surface area contributed by atoms with Gasteiger partial charge >= 0.3 is 0 Å². The van der Waals surface area contributed by atoms with Crippen molar-refractivity contribution in [3.63, 3.8) is 0 Å². The summed E-state index contributed by atoms with van der Waals surface area (Å²) in [5.74, 6) is 1.19. The van der Waals surface area contributed by atoms with Gasteiger partial charge in [0.2, 0.25) is 0 Å². The van der Waals surface area contributed by atoms with E-state index in [4.69, 9.17) is 0 Å². The van der Waals surface area contributed by atoms with Gasteiger partial charge in [-0.2, -0.15) is 0 Å². The number of carbonyl (C=O) groups is 1. The van der Waals surface area contributed by atoms with E-state index in [1.807, 2.05) is 0 Å². The van der Waals surface area contributed by atoms with E-state index in [9.17, 15) is 4.79 Å². The van der Waals surface area contributed by atoms with Gasteiger partial charge in [-0.05, 0) is 24.8 Å². The molecule has 0 amide bonds. The van der Waals surface area contributed by atoms with Crippen LogP contribution in [0.1, 0.15) is 39.5 Å². The quantitative estimate of drug-likeness (QED) is 0.627. The molecule has 12 heavy (non-hydrogen) atoms. The highest BCUT2D eigenvalue weighted by Crippen LogP contribution is 2.29. The van der Waals surface area contributed by atoms with Crippen molar-refractivity contribution in [1.29, 1.82) is 0 Å². The Kier molecular flexibility index (Phi) is 3.51. The molecule has 0 spiro atoms. The van der Waals surface area contributed by atoms with Gasteiger partial charge in [0.1, 0.15) is 0 Å². The Labute approximate surface area is 74.9 Å². The Bertz CT molecular complexity index is 181. The van der Waals surface area contributed by atoms with Crippen LogP contribution in [0.3, 0.4) is 0 Å². The summed E-state index contributed by atoms with van der Waals surface area (Å²) in [7, 11) is 0. The van der Waals surface area contributed by atoms with Gasteiger partial charge in [0.25, 0.3) is 0 Å². The molecule has 0 aromatic carbocycles.